The van der Waals surface area contributed by atoms with Crippen molar-refractivity contribution in [2.45, 2.75) is 24.2 Å². The van der Waals surface area contributed by atoms with E-state index in [-0.39, 0.29) is 11.9 Å². The number of hydrogen-bond acceptors (Lipinski definition) is 5. The number of rotatable bonds is 2. The van der Waals surface area contributed by atoms with E-state index in [9.17, 15) is 4.39 Å². The van der Waals surface area contributed by atoms with Crippen molar-refractivity contribution >= 4 is 5.96 Å². The van der Waals surface area contributed by atoms with Crippen LogP contribution in [0.25, 0.3) is 0 Å². The number of nitrogens with one attached hydrogen (secondary N) is 2. The molecule has 3 atom stereocenters. The summed E-state index contributed by atoms with van der Waals surface area (Å²) >= 11 is 0. The fraction of sp³-hybridized carbons (Fsp3) is 0.400. The maximum atomic E-state index is 12.9. The van der Waals surface area contributed by atoms with E-state index >= 15 is 0 Å². The first-order chi connectivity index (χ1) is 8.08. The van der Waals surface area contributed by atoms with Crippen molar-refractivity contribution in [1.29, 1.82) is 0 Å². The molecule has 1 aromatic heterocycles. The lowest BCUT2D eigenvalue weighted by Gasteiger charge is -2.22. The van der Waals surface area contributed by atoms with Crippen LogP contribution in [0.5, 0.6) is 0 Å². The Morgan fingerprint density at radius 3 is 2.94 bits per heavy atom. The SMILES string of the molecule is NC1=NC(N)(c2cc([C@@H]3C[C@@H]3F)[nH]n2)C=CN1. The van der Waals surface area contributed by atoms with Gasteiger partial charge in [0.25, 0.3) is 0 Å². The zero-order chi connectivity index (χ0) is 12.0. The number of H-pyrrole nitrogens is 1. The molecule has 0 amide bonds. The summed E-state index contributed by atoms with van der Waals surface area (Å²) in [6.07, 6.45) is 3.05. The number of nitrogens with two attached hydrogens (primary N) is 2. The van der Waals surface area contributed by atoms with Gasteiger partial charge in [0.1, 0.15) is 11.9 Å². The van der Waals surface area contributed by atoms with Crippen LogP contribution in [0.3, 0.4) is 0 Å². The summed E-state index contributed by atoms with van der Waals surface area (Å²) in [6, 6.07) is 1.75. The lowest BCUT2D eigenvalue weighted by atomic mass is 10.1. The van der Waals surface area contributed by atoms with Crippen molar-refractivity contribution in [3.63, 3.8) is 0 Å². The molecule has 17 heavy (non-hydrogen) atoms. The molecule has 6 N–H and O–H groups in total. The normalized spacial score (nSPS) is 35.3. The van der Waals surface area contributed by atoms with E-state index in [1.54, 1.807) is 18.3 Å². The lowest BCUT2D eigenvalue weighted by Crippen LogP contribution is -2.42. The summed E-state index contributed by atoms with van der Waals surface area (Å²) in [7, 11) is 0. The molecule has 0 aromatic carbocycles. The fourth-order valence-corrected chi connectivity index (χ4v) is 1.88. The van der Waals surface area contributed by atoms with Gasteiger partial charge in [0.15, 0.2) is 11.6 Å². The molecule has 2 aliphatic rings. The molecule has 0 spiro atoms. The molecule has 2 heterocycles. The molecular formula is C10H13FN6. The predicted octanol–water partition coefficient (Wildman–Crippen LogP) is -0.222. The van der Waals surface area contributed by atoms with E-state index in [1.165, 1.54) is 0 Å². The lowest BCUT2D eigenvalue weighted by molar-refractivity contribution is 0.466. The molecule has 0 radical (unpaired) electrons. The summed E-state index contributed by atoms with van der Waals surface area (Å²) in [5.74, 6) is 0.154. The number of halogens is 1. The Kier molecular flexibility index (Phi) is 1.99. The van der Waals surface area contributed by atoms with E-state index in [1.807, 2.05) is 0 Å². The molecule has 1 saturated carbocycles. The van der Waals surface area contributed by atoms with Gasteiger partial charge in [-0.2, -0.15) is 5.10 Å². The zero-order valence-corrected chi connectivity index (χ0v) is 9.02. The minimum absolute atomic E-state index is 0.0770. The third kappa shape index (κ3) is 1.68. The van der Waals surface area contributed by atoms with Crippen LogP contribution in [0.15, 0.2) is 23.3 Å². The van der Waals surface area contributed by atoms with Gasteiger partial charge >= 0.3 is 0 Å². The average Bonchev–Trinajstić information content (AvgIpc) is 2.80. The van der Waals surface area contributed by atoms with E-state index in [0.717, 1.165) is 5.69 Å². The third-order valence-corrected chi connectivity index (χ3v) is 2.99. The Morgan fingerprint density at radius 1 is 1.53 bits per heavy atom. The van der Waals surface area contributed by atoms with Crippen LogP contribution in [0.1, 0.15) is 23.7 Å². The molecule has 1 aromatic rings. The highest BCUT2D eigenvalue weighted by Gasteiger charge is 2.41. The highest BCUT2D eigenvalue weighted by molar-refractivity contribution is 5.80. The van der Waals surface area contributed by atoms with Crippen molar-refractivity contribution < 1.29 is 4.39 Å². The van der Waals surface area contributed by atoms with E-state index in [2.05, 4.69) is 20.5 Å². The number of nitrogens with zero attached hydrogens (tertiary/aromatic N) is 2. The minimum atomic E-state index is -1.08. The highest BCUT2D eigenvalue weighted by atomic mass is 19.1. The van der Waals surface area contributed by atoms with Gasteiger partial charge in [-0.15, -0.1) is 0 Å². The first-order valence-electron chi connectivity index (χ1n) is 5.37. The van der Waals surface area contributed by atoms with Gasteiger partial charge in [0, 0.05) is 17.8 Å². The summed E-state index contributed by atoms with van der Waals surface area (Å²) < 4.78 is 12.9. The van der Waals surface area contributed by atoms with Crippen molar-refractivity contribution in [3.05, 3.63) is 29.7 Å². The van der Waals surface area contributed by atoms with E-state index < -0.39 is 11.8 Å². The second-order valence-corrected chi connectivity index (χ2v) is 4.37. The third-order valence-electron chi connectivity index (χ3n) is 2.99. The second-order valence-electron chi connectivity index (χ2n) is 4.37. The first-order valence-corrected chi connectivity index (χ1v) is 5.37. The maximum absolute atomic E-state index is 12.9. The quantitative estimate of drug-likeness (QED) is 0.569. The number of aromatic amines is 1. The smallest absolute Gasteiger partial charge is 0.195 e. The summed E-state index contributed by atoms with van der Waals surface area (Å²) in [4.78, 5) is 4.09. The number of guanidine groups is 1. The number of alkyl halides is 1. The van der Waals surface area contributed by atoms with Gasteiger partial charge in [0.2, 0.25) is 0 Å². The van der Waals surface area contributed by atoms with Crippen LogP contribution < -0.4 is 16.8 Å². The van der Waals surface area contributed by atoms with Crippen LogP contribution in [0, 0.1) is 0 Å². The van der Waals surface area contributed by atoms with Crippen molar-refractivity contribution in [2.24, 2.45) is 16.5 Å². The molecule has 1 fully saturated rings. The van der Waals surface area contributed by atoms with Gasteiger partial charge in [-0.05, 0) is 18.6 Å². The number of aromatic nitrogens is 2. The molecule has 90 valence electrons. The van der Waals surface area contributed by atoms with E-state index in [0.29, 0.717) is 12.1 Å². The van der Waals surface area contributed by atoms with Gasteiger partial charge in [-0.1, -0.05) is 0 Å². The minimum Gasteiger partial charge on any atom is -0.370 e. The first kappa shape index (κ1) is 10.3. The Hall–Kier alpha value is -1.89. The van der Waals surface area contributed by atoms with Gasteiger partial charge in [0.05, 0.1) is 0 Å². The molecule has 3 rings (SSSR count). The highest BCUT2D eigenvalue weighted by Crippen LogP contribution is 2.43. The Labute approximate surface area is 97.0 Å². The molecular weight excluding hydrogens is 223 g/mol. The zero-order valence-electron chi connectivity index (χ0n) is 9.02. The van der Waals surface area contributed by atoms with Gasteiger partial charge in [-0.3, -0.25) is 10.8 Å². The second kappa shape index (κ2) is 3.30. The van der Waals surface area contributed by atoms with Crippen LogP contribution >= 0.6 is 0 Å². The molecule has 1 aliphatic carbocycles. The maximum Gasteiger partial charge on any atom is 0.195 e. The van der Waals surface area contributed by atoms with Gasteiger partial charge in [-0.25, -0.2) is 9.38 Å². The number of aliphatic imine (C=N–C) groups is 1. The Morgan fingerprint density at radius 2 is 2.29 bits per heavy atom. The standard InChI is InChI=1S/C10H13FN6/c11-6-3-5(6)7-4-8(17-16-7)10(13)1-2-14-9(12)15-10/h1-2,4-6H,3,13H2,(H,16,17)(H3,12,14,15)/t5-,6+,10?/m1/s1. The van der Waals surface area contributed by atoms with E-state index in [4.69, 9.17) is 11.5 Å². The Bertz CT molecular complexity index is 507. The van der Waals surface area contributed by atoms with Crippen LogP contribution in [-0.2, 0) is 5.66 Å². The molecule has 0 bridgehead atoms. The molecule has 6 nitrogen and oxygen atoms in total. The van der Waals surface area contributed by atoms with Crippen molar-refractivity contribution in [1.82, 2.24) is 15.5 Å². The summed E-state index contributed by atoms with van der Waals surface area (Å²) in [5.41, 5.74) is 11.8. The molecule has 1 aliphatic heterocycles. The molecule has 1 unspecified atom stereocenters. The summed E-state index contributed by atoms with van der Waals surface area (Å²) in [6.45, 7) is 0. The van der Waals surface area contributed by atoms with Gasteiger partial charge < -0.3 is 11.1 Å². The Balaban J connectivity index is 1.91. The largest absolute Gasteiger partial charge is 0.370 e. The number of hydrogen-bond donors (Lipinski definition) is 4. The summed E-state index contributed by atoms with van der Waals surface area (Å²) in [5, 5.41) is 9.61. The molecule has 0 saturated heterocycles. The molecule has 7 heteroatoms. The topological polar surface area (TPSA) is 105 Å². The fourth-order valence-electron chi connectivity index (χ4n) is 1.88. The van der Waals surface area contributed by atoms with Crippen LogP contribution in [0.2, 0.25) is 0 Å². The van der Waals surface area contributed by atoms with Crippen LogP contribution in [0.4, 0.5) is 4.39 Å². The monoisotopic (exact) mass is 236 g/mol. The average molecular weight is 236 g/mol. The van der Waals surface area contributed by atoms with Crippen molar-refractivity contribution in [2.75, 3.05) is 0 Å². The van der Waals surface area contributed by atoms with Crippen LogP contribution in [-0.4, -0.2) is 22.3 Å². The van der Waals surface area contributed by atoms with Crippen molar-refractivity contribution in [3.8, 4) is 0 Å². The predicted molar refractivity (Wildman–Crippen MR) is 60.6 cm³/mol.